The van der Waals surface area contributed by atoms with Gasteiger partial charge in [-0.25, -0.2) is 0 Å². The third-order valence-electron chi connectivity index (χ3n) is 6.05. The van der Waals surface area contributed by atoms with Crippen molar-refractivity contribution in [2.75, 3.05) is 7.05 Å². The Morgan fingerprint density at radius 2 is 2.00 bits per heavy atom. The number of allylic oxidation sites excluding steroid dienone is 1. The predicted molar refractivity (Wildman–Crippen MR) is 129 cm³/mol. The molecule has 0 saturated heterocycles. The lowest BCUT2D eigenvalue weighted by Gasteiger charge is -2.20. The number of hydrogen-bond acceptors (Lipinski definition) is 3. The molecular weight excluding hydrogens is 382 g/mol. The molecule has 0 unspecified atom stereocenters. The number of nitrogens with zero attached hydrogens (tertiary/aromatic N) is 2. The summed E-state index contributed by atoms with van der Waals surface area (Å²) >= 11 is 0. The van der Waals surface area contributed by atoms with Crippen LogP contribution in [0.15, 0.2) is 36.7 Å². The monoisotopic (exact) mass is 419 g/mol. The number of aryl methyl sites for hydroxylation is 2. The van der Waals surface area contributed by atoms with E-state index in [0.717, 1.165) is 29.7 Å². The molecule has 0 radical (unpaired) electrons. The van der Waals surface area contributed by atoms with E-state index >= 15 is 0 Å². The Morgan fingerprint density at radius 3 is 2.61 bits per heavy atom. The normalized spacial score (nSPS) is 14.4. The van der Waals surface area contributed by atoms with E-state index in [1.165, 1.54) is 22.3 Å². The lowest BCUT2D eigenvalue weighted by molar-refractivity contribution is 0.0765. The van der Waals surface area contributed by atoms with Gasteiger partial charge >= 0.3 is 0 Å². The van der Waals surface area contributed by atoms with Crippen molar-refractivity contribution in [3.8, 4) is 0 Å². The molecule has 4 heteroatoms. The molecule has 166 valence electrons. The van der Waals surface area contributed by atoms with Crippen molar-refractivity contribution in [1.29, 1.82) is 0 Å². The van der Waals surface area contributed by atoms with Gasteiger partial charge in [0.1, 0.15) is 0 Å². The topological polar surface area (TPSA) is 45.2 Å². The standard InChI is InChI=1S/C27H37N3O/c1-18(2)23(15-28-7)20-8-9-21(19(3)14-20)16-30-17-22-11-13-29-24(25(22)26(30)31)10-12-27(4,5)6/h8-9,11,13-15,18,28H,10,12,16-17H2,1-7H3/b23-15+. The highest BCUT2D eigenvalue weighted by molar-refractivity contribution is 5.99. The van der Waals surface area contributed by atoms with E-state index in [1.807, 2.05) is 24.2 Å². The van der Waals surface area contributed by atoms with Crippen LogP contribution in [0.5, 0.6) is 0 Å². The Balaban J connectivity index is 1.80. The zero-order valence-corrected chi connectivity index (χ0v) is 20.2. The van der Waals surface area contributed by atoms with Crippen LogP contribution in [0.1, 0.15) is 79.3 Å². The Labute approximate surface area is 187 Å². The molecule has 0 spiro atoms. The van der Waals surface area contributed by atoms with Gasteiger partial charge in [-0.2, -0.15) is 0 Å². The van der Waals surface area contributed by atoms with E-state index in [9.17, 15) is 4.79 Å². The van der Waals surface area contributed by atoms with Crippen molar-refractivity contribution in [2.24, 2.45) is 11.3 Å². The van der Waals surface area contributed by atoms with Gasteiger partial charge < -0.3 is 10.2 Å². The van der Waals surface area contributed by atoms with Crippen LogP contribution in [0.25, 0.3) is 5.57 Å². The molecule has 2 heterocycles. The second-order valence-corrected chi connectivity index (χ2v) is 10.2. The van der Waals surface area contributed by atoms with Crippen LogP contribution in [-0.4, -0.2) is 22.8 Å². The maximum atomic E-state index is 13.3. The first kappa shape index (κ1) is 23.1. The van der Waals surface area contributed by atoms with Gasteiger partial charge in [-0.05, 0) is 65.0 Å². The molecule has 0 aliphatic carbocycles. The highest BCUT2D eigenvalue weighted by Gasteiger charge is 2.31. The maximum absolute atomic E-state index is 13.3. The molecule has 1 aliphatic heterocycles. The van der Waals surface area contributed by atoms with Gasteiger partial charge in [0.05, 0.1) is 11.3 Å². The van der Waals surface area contributed by atoms with Crippen molar-refractivity contribution in [2.45, 2.75) is 67.5 Å². The Hall–Kier alpha value is -2.62. The fourth-order valence-electron chi connectivity index (χ4n) is 4.19. The van der Waals surface area contributed by atoms with Crippen molar-refractivity contribution < 1.29 is 4.79 Å². The van der Waals surface area contributed by atoms with Crippen molar-refractivity contribution in [3.63, 3.8) is 0 Å². The summed E-state index contributed by atoms with van der Waals surface area (Å²) in [7, 11) is 1.94. The number of carbonyl (C=O) groups is 1. The molecule has 3 rings (SSSR count). The number of rotatable bonds is 7. The van der Waals surface area contributed by atoms with Gasteiger partial charge in [-0.15, -0.1) is 0 Å². The molecule has 1 N–H and O–H groups in total. The fourth-order valence-corrected chi connectivity index (χ4v) is 4.19. The number of benzene rings is 1. The predicted octanol–water partition coefficient (Wildman–Crippen LogP) is 5.74. The summed E-state index contributed by atoms with van der Waals surface area (Å²) in [6, 6.07) is 8.59. The second-order valence-electron chi connectivity index (χ2n) is 10.2. The molecule has 1 aliphatic rings. The van der Waals surface area contributed by atoms with E-state index in [4.69, 9.17) is 0 Å². The van der Waals surface area contributed by atoms with Crippen LogP contribution < -0.4 is 5.32 Å². The third kappa shape index (κ3) is 5.36. The highest BCUT2D eigenvalue weighted by atomic mass is 16.2. The fraction of sp³-hybridized carbons (Fsp3) is 0.481. The molecule has 0 bridgehead atoms. The minimum absolute atomic E-state index is 0.119. The number of fused-ring (bicyclic) bond motifs is 1. The van der Waals surface area contributed by atoms with Gasteiger partial charge in [0, 0.05) is 32.5 Å². The molecule has 2 aromatic rings. The van der Waals surface area contributed by atoms with Crippen LogP contribution in [0.2, 0.25) is 0 Å². The van der Waals surface area contributed by atoms with E-state index in [2.05, 4.69) is 76.2 Å². The number of carbonyl (C=O) groups excluding carboxylic acids is 1. The lowest BCUT2D eigenvalue weighted by Crippen LogP contribution is -2.24. The zero-order chi connectivity index (χ0) is 22.8. The molecule has 1 aromatic carbocycles. The van der Waals surface area contributed by atoms with Crippen LogP contribution >= 0.6 is 0 Å². The number of nitrogens with one attached hydrogen (secondary N) is 1. The summed E-state index contributed by atoms with van der Waals surface area (Å²) in [5.41, 5.74) is 8.05. The average Bonchev–Trinajstić information content (AvgIpc) is 3.01. The molecule has 1 aromatic heterocycles. The summed E-state index contributed by atoms with van der Waals surface area (Å²) < 4.78 is 0. The quantitative estimate of drug-likeness (QED) is 0.622. The van der Waals surface area contributed by atoms with Crippen LogP contribution in [0.4, 0.5) is 0 Å². The molecular formula is C27H37N3O. The summed E-state index contributed by atoms with van der Waals surface area (Å²) in [6.45, 7) is 14.5. The maximum Gasteiger partial charge on any atom is 0.256 e. The van der Waals surface area contributed by atoms with E-state index in [-0.39, 0.29) is 11.3 Å². The minimum atomic E-state index is 0.119. The summed E-state index contributed by atoms with van der Waals surface area (Å²) in [5.74, 6) is 0.555. The second kappa shape index (κ2) is 9.25. The third-order valence-corrected chi connectivity index (χ3v) is 6.05. The van der Waals surface area contributed by atoms with Crippen LogP contribution in [0.3, 0.4) is 0 Å². The molecule has 0 saturated carbocycles. The van der Waals surface area contributed by atoms with Crippen molar-refractivity contribution in [3.05, 3.63) is 70.2 Å². The molecule has 1 amide bonds. The molecule has 0 fully saturated rings. The largest absolute Gasteiger partial charge is 0.394 e. The van der Waals surface area contributed by atoms with Crippen molar-refractivity contribution in [1.82, 2.24) is 15.2 Å². The molecule has 0 atom stereocenters. The number of aromatic nitrogens is 1. The number of amides is 1. The first-order chi connectivity index (χ1) is 14.6. The summed E-state index contributed by atoms with van der Waals surface area (Å²) in [5, 5.41) is 3.16. The van der Waals surface area contributed by atoms with E-state index < -0.39 is 0 Å². The van der Waals surface area contributed by atoms with Gasteiger partial charge in [0.25, 0.3) is 5.91 Å². The van der Waals surface area contributed by atoms with E-state index in [0.29, 0.717) is 19.0 Å². The first-order valence-corrected chi connectivity index (χ1v) is 11.3. The Kier molecular flexibility index (Phi) is 6.88. The summed E-state index contributed by atoms with van der Waals surface area (Å²) in [6.07, 6.45) is 5.79. The van der Waals surface area contributed by atoms with Crippen LogP contribution in [0, 0.1) is 18.3 Å². The van der Waals surface area contributed by atoms with Gasteiger partial charge in [0.15, 0.2) is 0 Å². The Morgan fingerprint density at radius 1 is 1.26 bits per heavy atom. The van der Waals surface area contributed by atoms with Gasteiger partial charge in [-0.1, -0.05) is 52.8 Å². The zero-order valence-electron chi connectivity index (χ0n) is 20.2. The highest BCUT2D eigenvalue weighted by Crippen LogP contribution is 2.30. The smallest absolute Gasteiger partial charge is 0.256 e. The molecule has 4 nitrogen and oxygen atoms in total. The Bertz CT molecular complexity index is 982. The lowest BCUT2D eigenvalue weighted by atomic mass is 9.89. The van der Waals surface area contributed by atoms with Gasteiger partial charge in [0.2, 0.25) is 0 Å². The van der Waals surface area contributed by atoms with Gasteiger partial charge in [-0.3, -0.25) is 9.78 Å². The summed E-state index contributed by atoms with van der Waals surface area (Å²) in [4.78, 5) is 19.8. The molecule has 31 heavy (non-hydrogen) atoms. The van der Waals surface area contributed by atoms with Crippen molar-refractivity contribution >= 4 is 11.5 Å². The number of pyridine rings is 1. The van der Waals surface area contributed by atoms with E-state index in [1.54, 1.807) is 0 Å². The first-order valence-electron chi connectivity index (χ1n) is 11.3. The average molecular weight is 420 g/mol. The number of hydrogen-bond donors (Lipinski definition) is 1. The minimum Gasteiger partial charge on any atom is -0.394 e. The van der Waals surface area contributed by atoms with Crippen LogP contribution in [-0.2, 0) is 19.5 Å². The SMILES string of the molecule is CN/C=C(/c1ccc(CN2Cc3ccnc(CCC(C)(C)C)c3C2=O)c(C)c1)C(C)C.